The van der Waals surface area contributed by atoms with Crippen LogP contribution in [0.3, 0.4) is 0 Å². The average molecular weight is 343 g/mol. The summed E-state index contributed by atoms with van der Waals surface area (Å²) in [5, 5.41) is 5.23. The monoisotopic (exact) mass is 343 g/mol. The number of ether oxygens (including phenoxy) is 1. The van der Waals surface area contributed by atoms with E-state index in [1.807, 2.05) is 35.6 Å². The first-order chi connectivity index (χ1) is 11.7. The Bertz CT molecular complexity index is 738. The largest absolute Gasteiger partial charge is 0.497 e. The first kappa shape index (κ1) is 15.7. The van der Waals surface area contributed by atoms with Gasteiger partial charge in [-0.3, -0.25) is 4.79 Å². The van der Waals surface area contributed by atoms with Crippen LogP contribution in [0.5, 0.6) is 5.75 Å². The molecule has 1 amide bonds. The maximum Gasteiger partial charge on any atom is 0.279 e. The van der Waals surface area contributed by atoms with Gasteiger partial charge in [0.2, 0.25) is 0 Å². The van der Waals surface area contributed by atoms with E-state index in [-0.39, 0.29) is 5.91 Å². The molecule has 1 aromatic carbocycles. The van der Waals surface area contributed by atoms with Crippen molar-refractivity contribution in [1.82, 2.24) is 0 Å². The lowest BCUT2D eigenvalue weighted by Crippen LogP contribution is -3.14. The third kappa shape index (κ3) is 3.19. The van der Waals surface area contributed by atoms with Gasteiger partial charge in [-0.25, -0.2) is 0 Å². The Morgan fingerprint density at radius 1 is 1.38 bits per heavy atom. The molecule has 0 bridgehead atoms. The molecule has 126 valence electrons. The summed E-state index contributed by atoms with van der Waals surface area (Å²) < 4.78 is 5.22. The normalized spacial score (nSPS) is 22.7. The van der Waals surface area contributed by atoms with Crippen LogP contribution in [0.4, 0.5) is 5.69 Å². The number of hydrogen-bond acceptors (Lipinski definition) is 3. The number of carbonyl (C=O) groups is 1. The molecule has 1 unspecified atom stereocenters. The number of benzene rings is 1. The predicted molar refractivity (Wildman–Crippen MR) is 95.8 cm³/mol. The molecule has 1 aliphatic carbocycles. The van der Waals surface area contributed by atoms with Crippen molar-refractivity contribution in [2.24, 2.45) is 5.92 Å². The number of rotatable bonds is 5. The Labute approximate surface area is 146 Å². The van der Waals surface area contributed by atoms with Crippen LogP contribution < -0.4 is 15.0 Å². The minimum Gasteiger partial charge on any atom is -0.497 e. The van der Waals surface area contributed by atoms with E-state index in [2.05, 4.69) is 16.8 Å². The zero-order valence-corrected chi connectivity index (χ0v) is 14.7. The molecule has 0 spiro atoms. The molecule has 1 aliphatic heterocycles. The fraction of sp³-hybridized carbons (Fsp3) is 0.421. The molecule has 4 nitrogen and oxygen atoms in total. The standard InChI is InChI=1S/C19H22N2O2S/c1-23-15-4-2-3-14(11-15)20-18(22)12-21-9-7-17-16(8-10-24-17)19(21)13-5-6-13/h2-4,8,10-11,13,19H,5-7,9,12H2,1H3,(H,20,22)/p+1/t19-/m0/s1. The third-order valence-electron chi connectivity index (χ3n) is 5.06. The highest BCUT2D eigenvalue weighted by Crippen LogP contribution is 2.42. The van der Waals surface area contributed by atoms with Crippen molar-refractivity contribution in [3.8, 4) is 5.75 Å². The molecule has 0 saturated heterocycles. The van der Waals surface area contributed by atoms with E-state index in [9.17, 15) is 4.79 Å². The topological polar surface area (TPSA) is 42.8 Å². The number of nitrogens with one attached hydrogen (secondary N) is 2. The smallest absolute Gasteiger partial charge is 0.279 e. The second-order valence-corrected chi connectivity index (χ2v) is 7.73. The summed E-state index contributed by atoms with van der Waals surface area (Å²) in [4.78, 5) is 15.5. The molecule has 1 saturated carbocycles. The van der Waals surface area contributed by atoms with Crippen LogP contribution >= 0.6 is 11.3 Å². The number of quaternary nitrogens is 1. The molecule has 2 aliphatic rings. The molecule has 2 atom stereocenters. The molecule has 4 rings (SSSR count). The lowest BCUT2D eigenvalue weighted by molar-refractivity contribution is -0.928. The van der Waals surface area contributed by atoms with Gasteiger partial charge in [0.1, 0.15) is 11.8 Å². The van der Waals surface area contributed by atoms with Crippen molar-refractivity contribution in [3.63, 3.8) is 0 Å². The number of amides is 1. The van der Waals surface area contributed by atoms with Gasteiger partial charge in [-0.15, -0.1) is 11.3 Å². The Morgan fingerprint density at radius 2 is 2.25 bits per heavy atom. The summed E-state index contributed by atoms with van der Waals surface area (Å²) in [7, 11) is 1.64. The molecule has 24 heavy (non-hydrogen) atoms. The summed E-state index contributed by atoms with van der Waals surface area (Å²) in [6.07, 6.45) is 3.71. The minimum atomic E-state index is 0.0857. The van der Waals surface area contributed by atoms with Gasteiger partial charge in [-0.1, -0.05) is 6.07 Å². The number of anilines is 1. The number of hydrogen-bond donors (Lipinski definition) is 2. The Balaban J connectivity index is 1.45. The summed E-state index contributed by atoms with van der Waals surface area (Å²) in [5.41, 5.74) is 2.30. The molecule has 2 aromatic rings. The molecule has 0 radical (unpaired) electrons. The first-order valence-electron chi connectivity index (χ1n) is 8.59. The van der Waals surface area contributed by atoms with Crippen LogP contribution in [-0.4, -0.2) is 26.1 Å². The predicted octanol–water partition coefficient (Wildman–Crippen LogP) is 2.29. The van der Waals surface area contributed by atoms with Crippen molar-refractivity contribution < 1.29 is 14.4 Å². The van der Waals surface area contributed by atoms with Crippen molar-refractivity contribution in [2.45, 2.75) is 25.3 Å². The van der Waals surface area contributed by atoms with Crippen molar-refractivity contribution in [3.05, 3.63) is 46.2 Å². The summed E-state index contributed by atoms with van der Waals surface area (Å²) >= 11 is 1.87. The summed E-state index contributed by atoms with van der Waals surface area (Å²) in [6.45, 7) is 1.59. The van der Waals surface area contributed by atoms with Gasteiger partial charge in [0.25, 0.3) is 5.91 Å². The molecule has 1 fully saturated rings. The van der Waals surface area contributed by atoms with Crippen molar-refractivity contribution in [1.29, 1.82) is 0 Å². The van der Waals surface area contributed by atoms with Crippen molar-refractivity contribution in [2.75, 3.05) is 25.5 Å². The maximum atomic E-state index is 12.5. The number of carbonyl (C=O) groups excluding carboxylic acids is 1. The number of methoxy groups -OCH3 is 1. The third-order valence-corrected chi connectivity index (χ3v) is 6.06. The van der Waals surface area contributed by atoms with Crippen LogP contribution in [-0.2, 0) is 11.2 Å². The Hall–Kier alpha value is -1.85. The molecule has 2 heterocycles. The van der Waals surface area contributed by atoms with Crippen LogP contribution in [0.25, 0.3) is 0 Å². The second kappa shape index (κ2) is 6.57. The van der Waals surface area contributed by atoms with E-state index in [4.69, 9.17) is 4.74 Å². The highest BCUT2D eigenvalue weighted by Gasteiger charge is 2.43. The van der Waals surface area contributed by atoms with E-state index in [0.717, 1.165) is 30.3 Å². The molecule has 5 heteroatoms. The lowest BCUT2D eigenvalue weighted by atomic mass is 9.96. The fourth-order valence-corrected chi connectivity index (χ4v) is 4.74. The van der Waals surface area contributed by atoms with E-state index in [1.54, 1.807) is 7.11 Å². The first-order valence-corrected chi connectivity index (χ1v) is 9.47. The molecule has 2 N–H and O–H groups in total. The van der Waals surface area contributed by atoms with Gasteiger partial charge < -0.3 is 15.0 Å². The number of thiophene rings is 1. The van der Waals surface area contributed by atoms with E-state index < -0.39 is 0 Å². The van der Waals surface area contributed by atoms with E-state index in [0.29, 0.717) is 12.6 Å². The molecule has 1 aromatic heterocycles. The zero-order chi connectivity index (χ0) is 16.5. The van der Waals surface area contributed by atoms with E-state index in [1.165, 1.54) is 28.2 Å². The quantitative estimate of drug-likeness (QED) is 0.875. The van der Waals surface area contributed by atoms with Crippen LogP contribution in [0, 0.1) is 5.92 Å². The minimum absolute atomic E-state index is 0.0857. The van der Waals surface area contributed by atoms with Crippen LogP contribution in [0.1, 0.15) is 29.3 Å². The van der Waals surface area contributed by atoms with Gasteiger partial charge in [-0.2, -0.15) is 0 Å². The average Bonchev–Trinajstić information content (AvgIpc) is 3.31. The van der Waals surface area contributed by atoms with Gasteiger partial charge in [-0.05, 0) is 36.4 Å². The highest BCUT2D eigenvalue weighted by atomic mass is 32.1. The zero-order valence-electron chi connectivity index (χ0n) is 13.9. The Morgan fingerprint density at radius 3 is 3.04 bits per heavy atom. The number of fused-ring (bicyclic) bond motifs is 1. The van der Waals surface area contributed by atoms with Crippen LogP contribution in [0.15, 0.2) is 35.7 Å². The lowest BCUT2D eigenvalue weighted by Gasteiger charge is -2.32. The highest BCUT2D eigenvalue weighted by molar-refractivity contribution is 7.10. The van der Waals surface area contributed by atoms with Crippen LogP contribution in [0.2, 0.25) is 0 Å². The summed E-state index contributed by atoms with van der Waals surface area (Å²) in [6, 6.07) is 10.3. The summed E-state index contributed by atoms with van der Waals surface area (Å²) in [5.74, 6) is 1.61. The van der Waals surface area contributed by atoms with Crippen molar-refractivity contribution >= 4 is 22.9 Å². The molecular weight excluding hydrogens is 320 g/mol. The molecular formula is C19H23N2O2S+. The van der Waals surface area contributed by atoms with Gasteiger partial charge in [0.05, 0.1) is 13.7 Å². The van der Waals surface area contributed by atoms with Gasteiger partial charge >= 0.3 is 0 Å². The van der Waals surface area contributed by atoms with E-state index >= 15 is 0 Å². The SMILES string of the molecule is COc1cccc(NC(=O)C[NH+]2CCc3sccc3[C@@H]2C2CC2)c1. The fourth-order valence-electron chi connectivity index (χ4n) is 3.81. The van der Waals surface area contributed by atoms with Gasteiger partial charge in [0, 0.05) is 34.5 Å². The maximum absolute atomic E-state index is 12.5. The second-order valence-electron chi connectivity index (χ2n) is 6.73. The van der Waals surface area contributed by atoms with Gasteiger partial charge in [0.15, 0.2) is 6.54 Å². The Kier molecular flexibility index (Phi) is 4.29.